The van der Waals surface area contributed by atoms with E-state index in [0.717, 1.165) is 5.56 Å². The Morgan fingerprint density at radius 3 is 2.50 bits per heavy atom. The summed E-state index contributed by atoms with van der Waals surface area (Å²) < 4.78 is 15.6. The topological polar surface area (TPSA) is 73.9 Å². The number of hydrogen-bond acceptors (Lipinski definition) is 5. The third kappa shape index (κ3) is 6.80. The quantitative estimate of drug-likeness (QED) is 0.802. The minimum Gasteiger partial charge on any atom is -0.481 e. The number of esters is 1. The first-order chi connectivity index (χ1) is 10.2. The number of nitrogens with one attached hydrogen (secondary N) is 1. The zero-order valence-corrected chi connectivity index (χ0v) is 14.7. The molecule has 0 bridgehead atoms. The van der Waals surface area contributed by atoms with Gasteiger partial charge in [-0.25, -0.2) is 9.59 Å². The molecule has 1 rings (SSSR count). The maximum atomic E-state index is 11.6. The van der Waals surface area contributed by atoms with Crippen molar-refractivity contribution in [3.8, 4) is 5.75 Å². The smallest absolute Gasteiger partial charge is 0.407 e. The van der Waals surface area contributed by atoms with Gasteiger partial charge in [0.15, 0.2) is 6.61 Å². The highest BCUT2D eigenvalue weighted by atomic mass is 79.9. The number of halogens is 1. The molecule has 1 N–H and O–H groups in total. The number of benzene rings is 1. The molecule has 6 nitrogen and oxygen atoms in total. The molecular formula is C15H20BrNO5. The lowest BCUT2D eigenvalue weighted by atomic mass is 10.2. The van der Waals surface area contributed by atoms with E-state index in [-0.39, 0.29) is 6.61 Å². The van der Waals surface area contributed by atoms with Gasteiger partial charge < -0.3 is 19.5 Å². The number of alkyl carbamates (subject to hydrolysis) is 1. The van der Waals surface area contributed by atoms with E-state index in [2.05, 4.69) is 26.0 Å². The minimum atomic E-state index is -0.531. The molecular weight excluding hydrogens is 354 g/mol. The van der Waals surface area contributed by atoms with Gasteiger partial charge in [0, 0.05) is 6.54 Å². The Hall–Kier alpha value is -1.76. The third-order valence-corrected chi connectivity index (χ3v) is 3.02. The van der Waals surface area contributed by atoms with Crippen molar-refractivity contribution in [1.29, 1.82) is 0 Å². The van der Waals surface area contributed by atoms with Gasteiger partial charge in [0.1, 0.15) is 11.4 Å². The van der Waals surface area contributed by atoms with E-state index < -0.39 is 17.7 Å². The Kier molecular flexibility index (Phi) is 6.67. The maximum absolute atomic E-state index is 11.6. The molecule has 0 aliphatic rings. The highest BCUT2D eigenvalue weighted by Crippen LogP contribution is 2.26. The summed E-state index contributed by atoms with van der Waals surface area (Å²) in [5, 5.41) is 2.66. The molecule has 0 spiro atoms. The molecule has 7 heteroatoms. The average molecular weight is 374 g/mol. The lowest BCUT2D eigenvalue weighted by molar-refractivity contribution is -0.142. The molecule has 0 fully saturated rings. The van der Waals surface area contributed by atoms with Gasteiger partial charge >= 0.3 is 12.1 Å². The van der Waals surface area contributed by atoms with Crippen LogP contribution in [0.4, 0.5) is 4.79 Å². The number of rotatable bonds is 5. The summed E-state index contributed by atoms with van der Waals surface area (Å²) >= 11 is 3.35. The number of hydrogen-bond donors (Lipinski definition) is 1. The number of carbonyl (C=O) groups excluding carboxylic acids is 2. The fourth-order valence-corrected chi connectivity index (χ4v) is 2.00. The van der Waals surface area contributed by atoms with Gasteiger partial charge in [-0.15, -0.1) is 0 Å². The maximum Gasteiger partial charge on any atom is 0.407 e. The zero-order valence-electron chi connectivity index (χ0n) is 13.1. The van der Waals surface area contributed by atoms with Gasteiger partial charge in [-0.2, -0.15) is 0 Å². The molecule has 0 heterocycles. The van der Waals surface area contributed by atoms with E-state index in [1.807, 2.05) is 0 Å². The largest absolute Gasteiger partial charge is 0.481 e. The highest BCUT2D eigenvalue weighted by Gasteiger charge is 2.15. The van der Waals surface area contributed by atoms with Crippen LogP contribution in [-0.2, 0) is 20.8 Å². The molecule has 1 aromatic rings. The van der Waals surface area contributed by atoms with Crippen molar-refractivity contribution in [1.82, 2.24) is 5.32 Å². The monoisotopic (exact) mass is 373 g/mol. The standard InChI is InChI=1S/C15H20BrNO5/c1-15(2,3)22-14(19)17-8-10-5-6-12(11(16)7-10)21-9-13(18)20-4/h5-7H,8-9H2,1-4H3,(H,17,19). The Morgan fingerprint density at radius 2 is 1.95 bits per heavy atom. The second-order valence-corrected chi connectivity index (χ2v) is 6.34. The Labute approximate surface area is 138 Å². The van der Waals surface area contributed by atoms with Crippen LogP contribution in [0.15, 0.2) is 22.7 Å². The van der Waals surface area contributed by atoms with Crippen LogP contribution in [0.3, 0.4) is 0 Å². The van der Waals surface area contributed by atoms with Crippen molar-refractivity contribution in [3.63, 3.8) is 0 Å². The van der Waals surface area contributed by atoms with Gasteiger partial charge in [-0.3, -0.25) is 0 Å². The van der Waals surface area contributed by atoms with E-state index in [0.29, 0.717) is 16.8 Å². The van der Waals surface area contributed by atoms with Gasteiger partial charge in [0.25, 0.3) is 0 Å². The van der Waals surface area contributed by atoms with Crippen LogP contribution in [-0.4, -0.2) is 31.4 Å². The Balaban J connectivity index is 2.55. The number of carbonyl (C=O) groups is 2. The van der Waals surface area contributed by atoms with E-state index in [1.165, 1.54) is 7.11 Å². The predicted octanol–water partition coefficient (Wildman–Crippen LogP) is 3.03. The summed E-state index contributed by atoms with van der Waals surface area (Å²) in [4.78, 5) is 22.6. The highest BCUT2D eigenvalue weighted by molar-refractivity contribution is 9.10. The third-order valence-electron chi connectivity index (χ3n) is 2.41. The molecule has 0 saturated heterocycles. The first-order valence-electron chi connectivity index (χ1n) is 6.66. The molecule has 122 valence electrons. The Bertz CT molecular complexity index is 539. The van der Waals surface area contributed by atoms with Crippen molar-refractivity contribution >= 4 is 28.0 Å². The van der Waals surface area contributed by atoms with Gasteiger partial charge in [-0.05, 0) is 54.4 Å². The number of amides is 1. The first-order valence-corrected chi connectivity index (χ1v) is 7.45. The Morgan fingerprint density at radius 1 is 1.27 bits per heavy atom. The van der Waals surface area contributed by atoms with Gasteiger partial charge in [0.05, 0.1) is 11.6 Å². The summed E-state index contributed by atoms with van der Waals surface area (Å²) in [7, 11) is 1.30. The summed E-state index contributed by atoms with van der Waals surface area (Å²) in [6.45, 7) is 5.57. The SMILES string of the molecule is COC(=O)COc1ccc(CNC(=O)OC(C)(C)C)cc1Br. The van der Waals surface area contributed by atoms with Crippen molar-refractivity contribution in [2.45, 2.75) is 32.9 Å². The molecule has 0 atom stereocenters. The zero-order chi connectivity index (χ0) is 16.8. The molecule has 1 amide bonds. The van der Waals surface area contributed by atoms with Crippen LogP contribution in [0.1, 0.15) is 26.3 Å². The minimum absolute atomic E-state index is 0.162. The van der Waals surface area contributed by atoms with Crippen molar-refractivity contribution < 1.29 is 23.8 Å². The molecule has 0 aromatic heterocycles. The summed E-state index contributed by atoms with van der Waals surface area (Å²) in [6.07, 6.45) is -0.477. The van der Waals surface area contributed by atoms with Gasteiger partial charge in [0.2, 0.25) is 0 Å². The lowest BCUT2D eigenvalue weighted by Gasteiger charge is -2.19. The summed E-state index contributed by atoms with van der Waals surface area (Å²) in [5.41, 5.74) is 0.333. The van der Waals surface area contributed by atoms with E-state index in [9.17, 15) is 9.59 Å². The molecule has 0 aliphatic heterocycles. The van der Waals surface area contributed by atoms with Crippen molar-refractivity contribution in [2.75, 3.05) is 13.7 Å². The summed E-state index contributed by atoms with van der Waals surface area (Å²) in [6, 6.07) is 5.29. The van der Waals surface area contributed by atoms with Crippen LogP contribution in [0.5, 0.6) is 5.75 Å². The van der Waals surface area contributed by atoms with Crippen LogP contribution in [0, 0.1) is 0 Å². The van der Waals surface area contributed by atoms with Crippen LogP contribution < -0.4 is 10.1 Å². The van der Waals surface area contributed by atoms with Crippen LogP contribution in [0.2, 0.25) is 0 Å². The normalized spacial score (nSPS) is 10.8. The van der Waals surface area contributed by atoms with Crippen molar-refractivity contribution in [3.05, 3.63) is 28.2 Å². The van der Waals surface area contributed by atoms with E-state index >= 15 is 0 Å². The average Bonchev–Trinajstić information content (AvgIpc) is 2.41. The second-order valence-electron chi connectivity index (χ2n) is 5.49. The lowest BCUT2D eigenvalue weighted by Crippen LogP contribution is -2.32. The molecule has 0 saturated carbocycles. The predicted molar refractivity (Wildman–Crippen MR) is 84.7 cm³/mol. The molecule has 0 radical (unpaired) electrons. The second kappa shape index (κ2) is 8.03. The first kappa shape index (κ1) is 18.3. The van der Waals surface area contributed by atoms with Crippen LogP contribution in [0.25, 0.3) is 0 Å². The van der Waals surface area contributed by atoms with Crippen LogP contribution >= 0.6 is 15.9 Å². The fraction of sp³-hybridized carbons (Fsp3) is 0.467. The molecule has 0 aliphatic carbocycles. The molecule has 0 unspecified atom stereocenters. The van der Waals surface area contributed by atoms with Gasteiger partial charge in [-0.1, -0.05) is 6.07 Å². The van der Waals surface area contributed by atoms with E-state index in [4.69, 9.17) is 9.47 Å². The van der Waals surface area contributed by atoms with Crippen molar-refractivity contribution in [2.24, 2.45) is 0 Å². The molecule has 22 heavy (non-hydrogen) atoms. The fourth-order valence-electron chi connectivity index (χ4n) is 1.46. The van der Waals surface area contributed by atoms with E-state index in [1.54, 1.807) is 39.0 Å². The summed E-state index contributed by atoms with van der Waals surface area (Å²) in [5.74, 6) is 0.0639. The number of methoxy groups -OCH3 is 1. The molecule has 1 aromatic carbocycles. The number of ether oxygens (including phenoxy) is 3.